The van der Waals surface area contributed by atoms with Crippen molar-refractivity contribution in [2.45, 2.75) is 27.7 Å². The smallest absolute Gasteiger partial charge is 0.00172 e. The number of benzene rings is 7. The van der Waals surface area contributed by atoms with Gasteiger partial charge in [0.25, 0.3) is 0 Å². The molecule has 0 amide bonds. The highest BCUT2D eigenvalue weighted by Crippen LogP contribution is 2.48. The minimum absolute atomic E-state index is 1.31. The van der Waals surface area contributed by atoms with Crippen LogP contribution in [0, 0.1) is 27.7 Å². The summed E-state index contributed by atoms with van der Waals surface area (Å²) in [5, 5.41) is 22.1. The van der Waals surface area contributed by atoms with E-state index in [1.807, 2.05) is 0 Å². The molecule has 38 heavy (non-hydrogen) atoms. The summed E-state index contributed by atoms with van der Waals surface area (Å²) in [7, 11) is 0. The lowest BCUT2D eigenvalue weighted by molar-refractivity contribution is 1.52. The lowest BCUT2D eigenvalue weighted by atomic mass is 9.89. The molecule has 0 aliphatic heterocycles. The molecule has 0 N–H and O–H groups in total. The Morgan fingerprint density at radius 3 is 1.05 bits per heavy atom. The maximum atomic E-state index is 2.50. The van der Waals surface area contributed by atoms with Crippen LogP contribution in [0.25, 0.3) is 86.2 Å². The first-order valence-corrected chi connectivity index (χ1v) is 13.6. The van der Waals surface area contributed by atoms with Crippen LogP contribution in [0.5, 0.6) is 0 Å². The second-order valence-corrected chi connectivity index (χ2v) is 11.6. The number of fused-ring (bicyclic) bond motifs is 11. The van der Waals surface area contributed by atoms with E-state index in [1.165, 1.54) is 108 Å². The third-order valence-electron chi connectivity index (χ3n) is 9.28. The van der Waals surface area contributed by atoms with Crippen LogP contribution in [0.2, 0.25) is 0 Å². The predicted octanol–water partition coefficient (Wildman–Crippen LogP) is 11.0. The van der Waals surface area contributed by atoms with E-state index in [-0.39, 0.29) is 0 Å². The number of hydrogen-bond acceptors (Lipinski definition) is 0. The van der Waals surface area contributed by atoms with Crippen molar-refractivity contribution in [3.63, 3.8) is 0 Å². The Morgan fingerprint density at radius 2 is 0.605 bits per heavy atom. The van der Waals surface area contributed by atoms with E-state index >= 15 is 0 Å². The molecule has 0 aliphatic carbocycles. The highest BCUT2D eigenvalue weighted by molar-refractivity contribution is 6.40. The summed E-state index contributed by atoms with van der Waals surface area (Å²) in [5.74, 6) is 0. The van der Waals surface area contributed by atoms with Crippen LogP contribution < -0.4 is 0 Å². The van der Waals surface area contributed by atoms with Crippen LogP contribution in [0.4, 0.5) is 0 Å². The molecule has 0 radical (unpaired) electrons. The van der Waals surface area contributed by atoms with Crippen molar-refractivity contribution < 1.29 is 0 Å². The number of aryl methyl sites for hydroxylation is 4. The van der Waals surface area contributed by atoms with Crippen molar-refractivity contribution in [3.05, 3.63) is 107 Å². The fourth-order valence-corrected chi connectivity index (χ4v) is 7.59. The van der Waals surface area contributed by atoms with Gasteiger partial charge < -0.3 is 0 Å². The SMILES string of the molecule is Cc1ccc2c(c1)c1cc3c4cc5c6cc(C)ccc6c6ccc(C)c(c4ccc3c3c(C)ccc2c13)c65. The maximum absolute atomic E-state index is 2.50. The van der Waals surface area contributed by atoms with Gasteiger partial charge >= 0.3 is 0 Å². The minimum Gasteiger partial charge on any atom is -0.0587 e. The molecule has 0 aromatic heterocycles. The van der Waals surface area contributed by atoms with Crippen molar-refractivity contribution in [1.82, 2.24) is 0 Å². The monoisotopic (exact) mass is 482 g/mol. The first-order chi connectivity index (χ1) is 18.5. The van der Waals surface area contributed by atoms with Crippen molar-refractivity contribution in [1.29, 1.82) is 0 Å². The summed E-state index contributed by atoms with van der Waals surface area (Å²) in [6.07, 6.45) is 0. The van der Waals surface area contributed by atoms with Crippen LogP contribution in [0.1, 0.15) is 22.3 Å². The molecule has 0 heteroatoms. The molecule has 0 bridgehead atoms. The second-order valence-electron chi connectivity index (χ2n) is 11.6. The summed E-state index contributed by atoms with van der Waals surface area (Å²) >= 11 is 0. The van der Waals surface area contributed by atoms with Gasteiger partial charge in [-0.1, -0.05) is 83.9 Å². The van der Waals surface area contributed by atoms with E-state index in [4.69, 9.17) is 0 Å². The Kier molecular flexibility index (Phi) is 3.64. The Bertz CT molecular complexity index is 2300. The summed E-state index contributed by atoms with van der Waals surface area (Å²) < 4.78 is 0. The molecule has 178 valence electrons. The van der Waals surface area contributed by atoms with E-state index in [0.29, 0.717) is 0 Å². The van der Waals surface area contributed by atoms with Gasteiger partial charge in [0.2, 0.25) is 0 Å². The third-order valence-corrected chi connectivity index (χ3v) is 9.28. The standard InChI is InChI=1S/C38H26/c1-19-5-9-23-25-11-7-21(3)35-27-13-14-28-32(31(27)17-33(37(25)35)29(23)15-19)18-34-30-16-20(2)6-10-24(30)26-12-8-22(4)36(28)38(26)34/h5-18H,1-4H3. The zero-order chi connectivity index (χ0) is 25.4. The second kappa shape index (κ2) is 6.71. The molecule has 0 unspecified atom stereocenters. The molecule has 0 fully saturated rings. The Labute approximate surface area is 220 Å². The molecule has 0 saturated carbocycles. The molecule has 9 aromatic rings. The van der Waals surface area contributed by atoms with Gasteiger partial charge in [0.05, 0.1) is 0 Å². The largest absolute Gasteiger partial charge is 0.0587 e. The fraction of sp³-hybridized carbons (Fsp3) is 0.105. The van der Waals surface area contributed by atoms with Gasteiger partial charge in [-0.2, -0.15) is 0 Å². The Balaban J connectivity index is 1.61. The van der Waals surface area contributed by atoms with E-state index < -0.39 is 0 Å². The average molecular weight is 483 g/mol. The van der Waals surface area contributed by atoms with Gasteiger partial charge in [-0.25, -0.2) is 0 Å². The minimum atomic E-state index is 1.31. The highest BCUT2D eigenvalue weighted by Gasteiger charge is 2.20. The predicted molar refractivity (Wildman–Crippen MR) is 168 cm³/mol. The molecule has 0 nitrogen and oxygen atoms in total. The van der Waals surface area contributed by atoms with Crippen molar-refractivity contribution in [2.24, 2.45) is 0 Å². The van der Waals surface area contributed by atoms with Gasteiger partial charge in [0.1, 0.15) is 0 Å². The summed E-state index contributed by atoms with van der Waals surface area (Å²) in [5.41, 5.74) is 5.33. The lowest BCUT2D eigenvalue weighted by Gasteiger charge is -2.14. The van der Waals surface area contributed by atoms with Gasteiger partial charge in [-0.15, -0.1) is 0 Å². The number of rotatable bonds is 0. The molecule has 9 aromatic carbocycles. The molecular formula is C38H26. The molecule has 0 saturated heterocycles. The van der Waals surface area contributed by atoms with Gasteiger partial charge in [0.15, 0.2) is 0 Å². The van der Waals surface area contributed by atoms with Crippen molar-refractivity contribution in [3.8, 4) is 0 Å². The van der Waals surface area contributed by atoms with E-state index in [0.717, 1.165) is 0 Å². The summed E-state index contributed by atoms with van der Waals surface area (Å²) in [4.78, 5) is 0. The fourth-order valence-electron chi connectivity index (χ4n) is 7.59. The van der Waals surface area contributed by atoms with Gasteiger partial charge in [-0.05, 0) is 137 Å². The van der Waals surface area contributed by atoms with Gasteiger partial charge in [0, 0.05) is 0 Å². The van der Waals surface area contributed by atoms with Crippen molar-refractivity contribution >= 4 is 86.2 Å². The number of hydrogen-bond donors (Lipinski definition) is 0. The van der Waals surface area contributed by atoms with Crippen LogP contribution in [0.15, 0.2) is 84.9 Å². The topological polar surface area (TPSA) is 0 Å². The molecule has 0 heterocycles. The van der Waals surface area contributed by atoms with Gasteiger partial charge in [-0.3, -0.25) is 0 Å². The Morgan fingerprint density at radius 1 is 0.263 bits per heavy atom. The average Bonchev–Trinajstić information content (AvgIpc) is 3.39. The molecule has 9 rings (SSSR count). The highest BCUT2D eigenvalue weighted by atomic mass is 14.2. The summed E-state index contributed by atoms with van der Waals surface area (Å²) in [6, 6.07) is 32.9. The summed E-state index contributed by atoms with van der Waals surface area (Å²) in [6.45, 7) is 8.96. The zero-order valence-corrected chi connectivity index (χ0v) is 22.1. The normalized spacial score (nSPS) is 12.7. The first-order valence-electron chi connectivity index (χ1n) is 13.6. The van der Waals surface area contributed by atoms with E-state index in [2.05, 4.69) is 113 Å². The van der Waals surface area contributed by atoms with Crippen LogP contribution >= 0.6 is 0 Å². The quantitative estimate of drug-likeness (QED) is 0.189. The third kappa shape index (κ3) is 2.33. The molecule has 0 aliphatic rings. The maximum Gasteiger partial charge on any atom is -0.00172 e. The first kappa shape index (κ1) is 20.6. The van der Waals surface area contributed by atoms with Crippen LogP contribution in [0.3, 0.4) is 0 Å². The van der Waals surface area contributed by atoms with E-state index in [1.54, 1.807) is 0 Å². The molecular weight excluding hydrogens is 456 g/mol. The Hall–Kier alpha value is -4.42. The molecule has 0 spiro atoms. The van der Waals surface area contributed by atoms with Crippen molar-refractivity contribution in [2.75, 3.05) is 0 Å². The zero-order valence-electron chi connectivity index (χ0n) is 22.1. The van der Waals surface area contributed by atoms with Crippen LogP contribution in [-0.2, 0) is 0 Å². The lowest BCUT2D eigenvalue weighted by Crippen LogP contribution is -1.87. The van der Waals surface area contributed by atoms with E-state index in [9.17, 15) is 0 Å². The van der Waals surface area contributed by atoms with Crippen LogP contribution in [-0.4, -0.2) is 0 Å². The molecule has 0 atom stereocenters.